The summed E-state index contributed by atoms with van der Waals surface area (Å²) in [6.07, 6.45) is 8.42. The smallest absolute Gasteiger partial charge is 0.0316 e. The normalized spacial score (nSPS) is 42.7. The summed E-state index contributed by atoms with van der Waals surface area (Å²) in [5.74, 6) is 3.67. The first-order chi connectivity index (χ1) is 9.59. The highest BCUT2D eigenvalue weighted by atomic mass is 14.6. The molecule has 0 amide bonds. The summed E-state index contributed by atoms with van der Waals surface area (Å²) in [5, 5.41) is 0. The third-order valence-electron chi connectivity index (χ3n) is 7.22. The van der Waals surface area contributed by atoms with Crippen molar-refractivity contribution < 1.29 is 0 Å². The summed E-state index contributed by atoms with van der Waals surface area (Å²) in [4.78, 5) is 0. The molecule has 0 bridgehead atoms. The number of benzene rings is 1. The van der Waals surface area contributed by atoms with Gasteiger partial charge in [0.2, 0.25) is 0 Å². The Kier molecular flexibility index (Phi) is 2.71. The van der Waals surface area contributed by atoms with E-state index in [-0.39, 0.29) is 0 Å². The van der Waals surface area contributed by atoms with Gasteiger partial charge in [-0.2, -0.15) is 0 Å². The Morgan fingerprint density at radius 3 is 2.85 bits per heavy atom. The molecular formula is C19H27N. The van der Waals surface area contributed by atoms with Gasteiger partial charge in [-0.25, -0.2) is 0 Å². The molecule has 1 heteroatoms. The molecule has 2 saturated carbocycles. The molecule has 0 aromatic heterocycles. The average Bonchev–Trinajstić information content (AvgIpc) is 2.74. The molecule has 0 heterocycles. The summed E-state index contributed by atoms with van der Waals surface area (Å²) >= 11 is 0. The van der Waals surface area contributed by atoms with Crippen molar-refractivity contribution in [3.8, 4) is 0 Å². The fraction of sp³-hybridized carbons (Fsp3) is 0.684. The van der Waals surface area contributed by atoms with Crippen molar-refractivity contribution in [1.82, 2.24) is 0 Å². The number of nitrogens with two attached hydrogens (primary N) is 1. The Bertz CT molecular complexity index is 535. The number of rotatable bonds is 0. The Morgan fingerprint density at radius 2 is 2.00 bits per heavy atom. The number of hydrogen-bond acceptors (Lipinski definition) is 1. The second kappa shape index (κ2) is 4.26. The minimum Gasteiger partial charge on any atom is -0.399 e. The Balaban J connectivity index is 1.71. The predicted molar refractivity (Wildman–Crippen MR) is 84.6 cm³/mol. The van der Waals surface area contributed by atoms with Crippen LogP contribution >= 0.6 is 0 Å². The Labute approximate surface area is 122 Å². The number of aryl methyl sites for hydroxylation is 1. The quantitative estimate of drug-likeness (QED) is 0.675. The lowest BCUT2D eigenvalue weighted by atomic mass is 9.54. The van der Waals surface area contributed by atoms with Crippen LogP contribution in [-0.2, 0) is 6.42 Å². The van der Waals surface area contributed by atoms with E-state index in [1.165, 1.54) is 38.5 Å². The SMILES string of the molecule is C[C@H]1CCC2C3CCc4cc(N)ccc4C3CC[C@@]21C. The fourth-order valence-corrected chi connectivity index (χ4v) is 5.86. The molecule has 1 aromatic rings. The van der Waals surface area contributed by atoms with Crippen LogP contribution in [0.1, 0.15) is 63.0 Å². The van der Waals surface area contributed by atoms with E-state index in [0.29, 0.717) is 5.41 Å². The molecule has 2 N–H and O–H groups in total. The van der Waals surface area contributed by atoms with Crippen molar-refractivity contribution in [2.75, 3.05) is 5.73 Å². The third kappa shape index (κ3) is 1.61. The van der Waals surface area contributed by atoms with Crippen molar-refractivity contribution in [3.05, 3.63) is 29.3 Å². The van der Waals surface area contributed by atoms with Crippen LogP contribution in [-0.4, -0.2) is 0 Å². The first-order valence-electron chi connectivity index (χ1n) is 8.48. The van der Waals surface area contributed by atoms with Crippen LogP contribution in [0.15, 0.2) is 18.2 Å². The van der Waals surface area contributed by atoms with E-state index in [4.69, 9.17) is 5.73 Å². The molecule has 3 unspecified atom stereocenters. The minimum atomic E-state index is 0.631. The summed E-state index contributed by atoms with van der Waals surface area (Å²) in [5.41, 5.74) is 10.7. The van der Waals surface area contributed by atoms with Gasteiger partial charge in [0.05, 0.1) is 0 Å². The number of hydrogen-bond donors (Lipinski definition) is 1. The zero-order valence-corrected chi connectivity index (χ0v) is 12.9. The van der Waals surface area contributed by atoms with Crippen LogP contribution in [0.4, 0.5) is 5.69 Å². The average molecular weight is 269 g/mol. The third-order valence-corrected chi connectivity index (χ3v) is 7.22. The van der Waals surface area contributed by atoms with Crippen LogP contribution < -0.4 is 5.73 Å². The van der Waals surface area contributed by atoms with E-state index in [0.717, 1.165) is 29.4 Å². The van der Waals surface area contributed by atoms with Crippen LogP contribution in [0.2, 0.25) is 0 Å². The Morgan fingerprint density at radius 1 is 1.15 bits per heavy atom. The molecule has 1 aromatic carbocycles. The standard InChI is InChI=1S/C19H27N/c1-12-3-8-18-17-6-4-13-11-14(20)5-7-15(13)16(17)9-10-19(12,18)2/h5,7,11-12,16-18H,3-4,6,8-10,20H2,1-2H3/t12-,16?,17?,18?,19+/m0/s1. The Hall–Kier alpha value is -0.980. The van der Waals surface area contributed by atoms with Crippen molar-refractivity contribution in [3.63, 3.8) is 0 Å². The summed E-state index contributed by atoms with van der Waals surface area (Å²) in [6.45, 7) is 5.09. The number of nitrogen functional groups attached to an aromatic ring is 1. The number of fused-ring (bicyclic) bond motifs is 5. The maximum atomic E-state index is 5.97. The van der Waals surface area contributed by atoms with Crippen molar-refractivity contribution in [2.24, 2.45) is 23.2 Å². The lowest BCUT2D eigenvalue weighted by molar-refractivity contribution is 0.0337. The molecule has 108 valence electrons. The van der Waals surface area contributed by atoms with Gasteiger partial charge in [0.15, 0.2) is 0 Å². The fourth-order valence-electron chi connectivity index (χ4n) is 5.86. The van der Waals surface area contributed by atoms with Gasteiger partial charge >= 0.3 is 0 Å². The van der Waals surface area contributed by atoms with Gasteiger partial charge in [-0.1, -0.05) is 19.9 Å². The highest BCUT2D eigenvalue weighted by molar-refractivity contribution is 5.47. The van der Waals surface area contributed by atoms with E-state index in [2.05, 4.69) is 32.0 Å². The van der Waals surface area contributed by atoms with Gasteiger partial charge < -0.3 is 5.73 Å². The van der Waals surface area contributed by atoms with Crippen LogP contribution in [0.5, 0.6) is 0 Å². The van der Waals surface area contributed by atoms with Crippen molar-refractivity contribution in [1.29, 1.82) is 0 Å². The molecule has 0 aliphatic heterocycles. The highest BCUT2D eigenvalue weighted by Crippen LogP contribution is 2.62. The van der Waals surface area contributed by atoms with E-state index in [1.807, 2.05) is 0 Å². The van der Waals surface area contributed by atoms with Gasteiger partial charge in [-0.3, -0.25) is 0 Å². The van der Waals surface area contributed by atoms with Crippen LogP contribution in [0.25, 0.3) is 0 Å². The van der Waals surface area contributed by atoms with Gasteiger partial charge in [-0.15, -0.1) is 0 Å². The predicted octanol–water partition coefficient (Wildman–Crippen LogP) is 4.76. The molecule has 4 rings (SSSR count). The molecule has 0 radical (unpaired) electrons. The van der Waals surface area contributed by atoms with E-state index in [1.54, 1.807) is 11.1 Å². The molecule has 3 aliphatic carbocycles. The van der Waals surface area contributed by atoms with Crippen molar-refractivity contribution in [2.45, 2.75) is 58.3 Å². The largest absolute Gasteiger partial charge is 0.399 e. The molecule has 0 saturated heterocycles. The lowest BCUT2D eigenvalue weighted by Gasteiger charge is -2.50. The molecule has 3 aliphatic rings. The summed E-state index contributed by atoms with van der Waals surface area (Å²) < 4.78 is 0. The number of anilines is 1. The molecular weight excluding hydrogens is 242 g/mol. The monoisotopic (exact) mass is 269 g/mol. The second-order valence-electron chi connectivity index (χ2n) is 7.90. The van der Waals surface area contributed by atoms with Crippen molar-refractivity contribution >= 4 is 5.69 Å². The molecule has 0 spiro atoms. The summed E-state index contributed by atoms with van der Waals surface area (Å²) in [7, 11) is 0. The van der Waals surface area contributed by atoms with E-state index >= 15 is 0 Å². The molecule has 20 heavy (non-hydrogen) atoms. The maximum absolute atomic E-state index is 5.97. The van der Waals surface area contributed by atoms with Crippen LogP contribution in [0, 0.1) is 23.2 Å². The molecule has 5 atom stereocenters. The zero-order chi connectivity index (χ0) is 13.9. The highest BCUT2D eigenvalue weighted by Gasteiger charge is 2.53. The summed E-state index contributed by atoms with van der Waals surface area (Å²) in [6, 6.07) is 6.69. The van der Waals surface area contributed by atoms with E-state index < -0.39 is 0 Å². The molecule has 1 nitrogen and oxygen atoms in total. The van der Waals surface area contributed by atoms with Gasteiger partial charge in [-0.05, 0) is 90.9 Å². The van der Waals surface area contributed by atoms with Crippen LogP contribution in [0.3, 0.4) is 0 Å². The second-order valence-corrected chi connectivity index (χ2v) is 7.90. The maximum Gasteiger partial charge on any atom is 0.0316 e. The first-order valence-corrected chi connectivity index (χ1v) is 8.48. The van der Waals surface area contributed by atoms with Gasteiger partial charge in [0.1, 0.15) is 0 Å². The first kappa shape index (κ1) is 12.7. The van der Waals surface area contributed by atoms with E-state index in [9.17, 15) is 0 Å². The minimum absolute atomic E-state index is 0.631. The molecule has 2 fully saturated rings. The van der Waals surface area contributed by atoms with Gasteiger partial charge in [0.25, 0.3) is 0 Å². The lowest BCUT2D eigenvalue weighted by Crippen LogP contribution is -2.41. The van der Waals surface area contributed by atoms with Gasteiger partial charge in [0, 0.05) is 5.69 Å². The zero-order valence-electron chi connectivity index (χ0n) is 12.9. The topological polar surface area (TPSA) is 26.0 Å².